The summed E-state index contributed by atoms with van der Waals surface area (Å²) in [7, 11) is -3.58. The van der Waals surface area contributed by atoms with Crippen LogP contribution in [0.15, 0.2) is 47.5 Å². The lowest BCUT2D eigenvalue weighted by Gasteiger charge is -2.27. The topological polar surface area (TPSA) is 101 Å². The first-order valence-corrected chi connectivity index (χ1v) is 10.9. The van der Waals surface area contributed by atoms with Crippen molar-refractivity contribution in [3.8, 4) is 0 Å². The number of pyridine rings is 1. The highest BCUT2D eigenvalue weighted by Crippen LogP contribution is 2.30. The molecular weight excluding hydrogens is 397 g/mol. The first-order chi connectivity index (χ1) is 13.8. The summed E-state index contributed by atoms with van der Waals surface area (Å²) in [4.78, 5) is 15.7. The SMILES string of the molecule is O=C(O)Cc1c2n(c3cccnc13)CC(NCS(=O)(=O)c1ccc(F)cc1)CC2. The van der Waals surface area contributed by atoms with E-state index in [1.165, 1.54) is 12.1 Å². The maximum absolute atomic E-state index is 13.0. The number of halogens is 1. The second kappa shape index (κ2) is 7.57. The quantitative estimate of drug-likeness (QED) is 0.596. The second-order valence-corrected chi connectivity index (χ2v) is 9.12. The number of benzene rings is 1. The van der Waals surface area contributed by atoms with Crippen LogP contribution in [0.5, 0.6) is 0 Å². The van der Waals surface area contributed by atoms with Crippen LogP contribution in [-0.4, -0.2) is 41.0 Å². The Hall–Kier alpha value is -2.78. The van der Waals surface area contributed by atoms with E-state index in [0.717, 1.165) is 28.9 Å². The van der Waals surface area contributed by atoms with E-state index in [1.54, 1.807) is 12.3 Å². The zero-order valence-corrected chi connectivity index (χ0v) is 16.3. The van der Waals surface area contributed by atoms with Crippen molar-refractivity contribution < 1.29 is 22.7 Å². The van der Waals surface area contributed by atoms with Crippen molar-refractivity contribution in [2.24, 2.45) is 0 Å². The van der Waals surface area contributed by atoms with Crippen molar-refractivity contribution in [1.82, 2.24) is 14.9 Å². The van der Waals surface area contributed by atoms with Gasteiger partial charge in [0, 0.05) is 30.0 Å². The Morgan fingerprint density at radius 2 is 2.03 bits per heavy atom. The minimum atomic E-state index is -3.58. The number of hydrogen-bond acceptors (Lipinski definition) is 5. The monoisotopic (exact) mass is 417 g/mol. The lowest BCUT2D eigenvalue weighted by molar-refractivity contribution is -0.136. The number of carbonyl (C=O) groups is 1. The highest BCUT2D eigenvalue weighted by atomic mass is 32.2. The van der Waals surface area contributed by atoms with Crippen molar-refractivity contribution in [2.75, 3.05) is 5.88 Å². The van der Waals surface area contributed by atoms with E-state index in [-0.39, 0.29) is 23.2 Å². The molecule has 0 radical (unpaired) electrons. The zero-order chi connectivity index (χ0) is 20.6. The number of carboxylic acids is 1. The fourth-order valence-corrected chi connectivity index (χ4v) is 5.04. The molecule has 0 aliphatic carbocycles. The molecule has 0 fully saturated rings. The lowest BCUT2D eigenvalue weighted by atomic mass is 10.0. The summed E-state index contributed by atoms with van der Waals surface area (Å²) in [5, 5.41) is 12.3. The van der Waals surface area contributed by atoms with Crippen molar-refractivity contribution in [3.63, 3.8) is 0 Å². The van der Waals surface area contributed by atoms with Crippen molar-refractivity contribution in [2.45, 2.75) is 36.7 Å². The Morgan fingerprint density at radius 3 is 2.76 bits per heavy atom. The van der Waals surface area contributed by atoms with Gasteiger partial charge in [-0.15, -0.1) is 0 Å². The molecule has 1 unspecified atom stereocenters. The molecule has 0 saturated carbocycles. The smallest absolute Gasteiger partial charge is 0.307 e. The summed E-state index contributed by atoms with van der Waals surface area (Å²) >= 11 is 0. The molecule has 3 aromatic rings. The molecule has 2 aromatic heterocycles. The van der Waals surface area contributed by atoms with Crippen LogP contribution in [0.3, 0.4) is 0 Å². The van der Waals surface area contributed by atoms with E-state index >= 15 is 0 Å². The molecule has 0 spiro atoms. The highest BCUT2D eigenvalue weighted by Gasteiger charge is 2.27. The van der Waals surface area contributed by atoms with E-state index < -0.39 is 21.6 Å². The van der Waals surface area contributed by atoms with Crippen LogP contribution in [0, 0.1) is 5.82 Å². The summed E-state index contributed by atoms with van der Waals surface area (Å²) in [5.74, 6) is -1.64. The molecule has 29 heavy (non-hydrogen) atoms. The number of sulfone groups is 1. The van der Waals surface area contributed by atoms with Crippen molar-refractivity contribution in [3.05, 3.63) is 59.7 Å². The van der Waals surface area contributed by atoms with Crippen molar-refractivity contribution in [1.29, 1.82) is 0 Å². The van der Waals surface area contributed by atoms with Crippen LogP contribution >= 0.6 is 0 Å². The lowest BCUT2D eigenvalue weighted by Crippen LogP contribution is -2.40. The molecule has 1 atom stereocenters. The Labute approximate surface area is 167 Å². The molecule has 1 aromatic carbocycles. The molecule has 7 nitrogen and oxygen atoms in total. The van der Waals surface area contributed by atoms with Gasteiger partial charge in [0.05, 0.1) is 22.3 Å². The number of carboxylic acid groups (broad SMARTS) is 1. The number of nitrogens with one attached hydrogen (secondary N) is 1. The Morgan fingerprint density at radius 1 is 1.28 bits per heavy atom. The predicted molar refractivity (Wildman–Crippen MR) is 105 cm³/mol. The minimum absolute atomic E-state index is 0.0715. The maximum Gasteiger partial charge on any atom is 0.307 e. The molecule has 9 heteroatoms. The van der Waals surface area contributed by atoms with Gasteiger partial charge in [-0.3, -0.25) is 15.1 Å². The number of hydrogen-bond donors (Lipinski definition) is 2. The van der Waals surface area contributed by atoms with E-state index in [9.17, 15) is 22.7 Å². The third kappa shape index (κ3) is 3.88. The highest BCUT2D eigenvalue weighted by molar-refractivity contribution is 7.91. The summed E-state index contributed by atoms with van der Waals surface area (Å²) < 4.78 is 40.1. The number of rotatable bonds is 6. The van der Waals surface area contributed by atoms with Gasteiger partial charge in [0.15, 0.2) is 9.84 Å². The normalized spacial score (nSPS) is 16.7. The van der Waals surface area contributed by atoms with Gasteiger partial charge in [0.25, 0.3) is 0 Å². The molecule has 0 amide bonds. The van der Waals surface area contributed by atoms with E-state index in [0.29, 0.717) is 24.9 Å². The molecule has 1 aliphatic heterocycles. The van der Waals surface area contributed by atoms with Gasteiger partial charge in [-0.25, -0.2) is 12.8 Å². The van der Waals surface area contributed by atoms with E-state index in [4.69, 9.17) is 0 Å². The third-order valence-electron chi connectivity index (χ3n) is 5.23. The van der Waals surface area contributed by atoms with Crippen LogP contribution < -0.4 is 5.32 Å². The molecule has 3 heterocycles. The standard InChI is InChI=1S/C20H20FN3O4S/c21-13-3-6-15(7-4-13)29(27,28)12-23-14-5-8-17-16(10-19(25)26)20-18(24(17)11-14)2-1-9-22-20/h1-4,6-7,9,14,23H,5,8,10-12H2,(H,25,26). The number of aliphatic carboxylic acids is 1. The van der Waals surface area contributed by atoms with Crippen LogP contribution in [0.4, 0.5) is 4.39 Å². The molecule has 2 N–H and O–H groups in total. The van der Waals surface area contributed by atoms with Crippen LogP contribution in [0.25, 0.3) is 11.0 Å². The van der Waals surface area contributed by atoms with E-state index in [1.807, 2.05) is 10.6 Å². The predicted octanol–water partition coefficient (Wildman–Crippen LogP) is 2.14. The fourth-order valence-electron chi connectivity index (χ4n) is 3.87. The van der Waals surface area contributed by atoms with Crippen LogP contribution in [0.1, 0.15) is 17.7 Å². The average molecular weight is 417 g/mol. The van der Waals surface area contributed by atoms with Gasteiger partial charge in [-0.2, -0.15) is 0 Å². The van der Waals surface area contributed by atoms with Gasteiger partial charge < -0.3 is 9.67 Å². The summed E-state index contributed by atoms with van der Waals surface area (Å²) in [5.41, 5.74) is 3.21. The number of nitrogens with zero attached hydrogens (tertiary/aromatic N) is 2. The summed E-state index contributed by atoms with van der Waals surface area (Å²) in [6.07, 6.45) is 2.87. The maximum atomic E-state index is 13.0. The van der Waals surface area contributed by atoms with Gasteiger partial charge in [0.2, 0.25) is 0 Å². The minimum Gasteiger partial charge on any atom is -0.481 e. The van der Waals surface area contributed by atoms with Crippen LogP contribution in [0.2, 0.25) is 0 Å². The number of fused-ring (bicyclic) bond motifs is 3. The fraction of sp³-hybridized carbons (Fsp3) is 0.300. The molecule has 0 saturated heterocycles. The van der Waals surface area contributed by atoms with Gasteiger partial charge >= 0.3 is 5.97 Å². The Balaban J connectivity index is 1.55. The summed E-state index contributed by atoms with van der Waals surface area (Å²) in [6.45, 7) is 0.524. The average Bonchev–Trinajstić information content (AvgIpc) is 3.00. The molecule has 1 aliphatic rings. The van der Waals surface area contributed by atoms with Gasteiger partial charge in [0.1, 0.15) is 11.7 Å². The second-order valence-electron chi connectivity index (χ2n) is 7.13. The first-order valence-electron chi connectivity index (χ1n) is 9.23. The Kier molecular flexibility index (Phi) is 5.10. The number of aromatic nitrogens is 2. The molecule has 0 bridgehead atoms. The Bertz CT molecular complexity index is 1170. The van der Waals surface area contributed by atoms with E-state index in [2.05, 4.69) is 10.3 Å². The van der Waals surface area contributed by atoms with Crippen molar-refractivity contribution >= 4 is 26.8 Å². The molecule has 152 valence electrons. The summed E-state index contributed by atoms with van der Waals surface area (Å²) in [6, 6.07) is 8.38. The first kappa shape index (κ1) is 19.5. The van der Waals surface area contributed by atoms with Crippen LogP contribution in [-0.2, 0) is 34.0 Å². The largest absolute Gasteiger partial charge is 0.481 e. The zero-order valence-electron chi connectivity index (χ0n) is 15.5. The van der Waals surface area contributed by atoms with Gasteiger partial charge in [-0.1, -0.05) is 0 Å². The third-order valence-corrected chi connectivity index (χ3v) is 6.77. The molecular formula is C20H20FN3O4S. The van der Waals surface area contributed by atoms with Gasteiger partial charge in [-0.05, 0) is 49.2 Å². The molecule has 4 rings (SSSR count).